The van der Waals surface area contributed by atoms with E-state index < -0.39 is 17.7 Å². The van der Waals surface area contributed by atoms with Crippen LogP contribution in [0, 0.1) is 0 Å². The number of aromatic nitrogens is 2. The molecular weight excluding hydrogens is 265 g/mol. The molecule has 0 atom stereocenters. The normalized spacial score (nSPS) is 12.0. The van der Waals surface area contributed by atoms with Crippen LogP contribution in [0.1, 0.15) is 21.7 Å². The minimum absolute atomic E-state index is 0.0781. The molecule has 8 heteroatoms. The summed E-state index contributed by atoms with van der Waals surface area (Å²) in [7, 11) is 1.34. The highest BCUT2D eigenvalue weighted by Gasteiger charge is 2.31. The van der Waals surface area contributed by atoms with Crippen LogP contribution in [0.4, 0.5) is 13.2 Å². The number of fused-ring (bicyclic) bond motifs is 1. The SMILES string of the molecule is COCc1nc2ccc(C(F)(F)F)cn2c1C(=O)O. The van der Waals surface area contributed by atoms with Gasteiger partial charge in [0.2, 0.25) is 0 Å². The first kappa shape index (κ1) is 13.3. The third-order valence-corrected chi connectivity index (χ3v) is 2.50. The predicted octanol–water partition coefficient (Wildman–Crippen LogP) is 2.20. The lowest BCUT2D eigenvalue weighted by atomic mass is 10.2. The number of imidazole rings is 1. The van der Waals surface area contributed by atoms with E-state index in [9.17, 15) is 18.0 Å². The first-order chi connectivity index (χ1) is 8.84. The molecule has 0 amide bonds. The molecule has 2 aromatic heterocycles. The second-order valence-corrected chi connectivity index (χ2v) is 3.79. The van der Waals surface area contributed by atoms with E-state index in [4.69, 9.17) is 9.84 Å². The van der Waals surface area contributed by atoms with E-state index in [2.05, 4.69) is 4.98 Å². The van der Waals surface area contributed by atoms with E-state index in [1.165, 1.54) is 7.11 Å². The van der Waals surface area contributed by atoms with Gasteiger partial charge < -0.3 is 9.84 Å². The molecule has 0 aromatic carbocycles. The van der Waals surface area contributed by atoms with Gasteiger partial charge in [-0.2, -0.15) is 13.2 Å². The highest BCUT2D eigenvalue weighted by molar-refractivity contribution is 5.88. The summed E-state index contributed by atoms with van der Waals surface area (Å²) in [5.41, 5.74) is -1.07. The quantitative estimate of drug-likeness (QED) is 0.931. The Labute approximate surface area is 105 Å². The van der Waals surface area contributed by atoms with Crippen LogP contribution in [-0.2, 0) is 17.5 Å². The monoisotopic (exact) mass is 274 g/mol. The number of pyridine rings is 1. The largest absolute Gasteiger partial charge is 0.477 e. The van der Waals surface area contributed by atoms with Crippen molar-refractivity contribution in [2.45, 2.75) is 12.8 Å². The predicted molar refractivity (Wildman–Crippen MR) is 57.9 cm³/mol. The molecule has 0 aliphatic carbocycles. The second-order valence-electron chi connectivity index (χ2n) is 3.79. The van der Waals surface area contributed by atoms with Crippen LogP contribution in [0.15, 0.2) is 18.3 Å². The van der Waals surface area contributed by atoms with Crippen LogP contribution in [-0.4, -0.2) is 27.6 Å². The number of aromatic carboxylic acids is 1. The van der Waals surface area contributed by atoms with E-state index in [1.807, 2.05) is 0 Å². The summed E-state index contributed by atoms with van der Waals surface area (Å²) in [5.74, 6) is -1.36. The van der Waals surface area contributed by atoms with Crippen LogP contribution < -0.4 is 0 Å². The molecule has 0 spiro atoms. The molecule has 0 aliphatic rings. The summed E-state index contributed by atoms with van der Waals surface area (Å²) in [6, 6.07) is 1.97. The van der Waals surface area contributed by atoms with Gasteiger partial charge >= 0.3 is 12.1 Å². The maximum atomic E-state index is 12.6. The van der Waals surface area contributed by atoms with Crippen LogP contribution >= 0.6 is 0 Å². The fraction of sp³-hybridized carbons (Fsp3) is 0.273. The van der Waals surface area contributed by atoms with E-state index in [1.54, 1.807) is 0 Å². The average molecular weight is 274 g/mol. The molecule has 2 rings (SSSR count). The van der Waals surface area contributed by atoms with Crippen molar-refractivity contribution in [1.29, 1.82) is 0 Å². The van der Waals surface area contributed by atoms with Crippen LogP contribution in [0.2, 0.25) is 0 Å². The lowest BCUT2D eigenvalue weighted by Gasteiger charge is -2.07. The van der Waals surface area contributed by atoms with Crippen LogP contribution in [0.5, 0.6) is 0 Å². The van der Waals surface area contributed by atoms with Crippen molar-refractivity contribution in [2.75, 3.05) is 7.11 Å². The van der Waals surface area contributed by atoms with Gasteiger partial charge in [0.15, 0.2) is 5.69 Å². The number of methoxy groups -OCH3 is 1. The lowest BCUT2D eigenvalue weighted by molar-refractivity contribution is -0.137. The van der Waals surface area contributed by atoms with Gasteiger partial charge in [-0.3, -0.25) is 4.40 Å². The lowest BCUT2D eigenvalue weighted by Crippen LogP contribution is -2.09. The molecule has 0 bridgehead atoms. The average Bonchev–Trinajstić information content (AvgIpc) is 2.65. The third-order valence-electron chi connectivity index (χ3n) is 2.50. The van der Waals surface area contributed by atoms with E-state index in [0.29, 0.717) is 6.20 Å². The second kappa shape index (κ2) is 4.54. The van der Waals surface area contributed by atoms with Gasteiger partial charge in [-0.05, 0) is 12.1 Å². The molecule has 0 saturated heterocycles. The Morgan fingerprint density at radius 1 is 1.47 bits per heavy atom. The molecule has 0 fully saturated rings. The van der Waals surface area contributed by atoms with Crippen LogP contribution in [0.25, 0.3) is 5.65 Å². The number of nitrogens with zero attached hydrogens (tertiary/aromatic N) is 2. The topological polar surface area (TPSA) is 63.8 Å². The highest BCUT2D eigenvalue weighted by Crippen LogP contribution is 2.29. The smallest absolute Gasteiger partial charge is 0.417 e. The number of rotatable bonds is 3. The zero-order valence-corrected chi connectivity index (χ0v) is 9.73. The molecule has 1 N–H and O–H groups in total. The first-order valence-corrected chi connectivity index (χ1v) is 5.15. The molecule has 19 heavy (non-hydrogen) atoms. The number of carbonyl (C=O) groups is 1. The number of halogens is 3. The summed E-state index contributed by atoms with van der Waals surface area (Å²) >= 11 is 0. The number of carboxylic acids is 1. The van der Waals surface area contributed by atoms with Gasteiger partial charge in [0.05, 0.1) is 12.2 Å². The Kier molecular flexibility index (Phi) is 3.19. The maximum Gasteiger partial charge on any atom is 0.417 e. The zero-order valence-electron chi connectivity index (χ0n) is 9.73. The van der Waals surface area contributed by atoms with Gasteiger partial charge in [0.1, 0.15) is 11.3 Å². The fourth-order valence-corrected chi connectivity index (χ4v) is 1.72. The summed E-state index contributed by atoms with van der Waals surface area (Å²) in [6.45, 7) is -0.0926. The molecule has 0 unspecified atom stereocenters. The minimum Gasteiger partial charge on any atom is -0.477 e. The van der Waals surface area contributed by atoms with Crippen molar-refractivity contribution in [3.8, 4) is 0 Å². The summed E-state index contributed by atoms with van der Waals surface area (Å²) < 4.78 is 43.5. The minimum atomic E-state index is -4.55. The Morgan fingerprint density at radius 3 is 2.68 bits per heavy atom. The van der Waals surface area contributed by atoms with E-state index in [0.717, 1.165) is 16.5 Å². The number of ether oxygens (including phenoxy) is 1. The Hall–Kier alpha value is -2.09. The molecule has 2 aromatic rings. The number of carboxylic acid groups (broad SMARTS) is 1. The molecule has 5 nitrogen and oxygen atoms in total. The van der Waals surface area contributed by atoms with Crippen molar-refractivity contribution in [1.82, 2.24) is 9.38 Å². The summed E-state index contributed by atoms with van der Waals surface area (Å²) in [4.78, 5) is 15.1. The van der Waals surface area contributed by atoms with Gasteiger partial charge in [0, 0.05) is 13.3 Å². The number of alkyl halides is 3. The Bertz CT molecular complexity index is 634. The standard InChI is InChI=1S/C11H9F3N2O3/c1-19-5-7-9(10(17)18)16-4-6(11(12,13)14)2-3-8(16)15-7/h2-4H,5H2,1H3,(H,17,18). The van der Waals surface area contributed by atoms with E-state index >= 15 is 0 Å². The van der Waals surface area contributed by atoms with Gasteiger partial charge in [-0.25, -0.2) is 9.78 Å². The van der Waals surface area contributed by atoms with Crippen molar-refractivity contribution < 1.29 is 27.8 Å². The zero-order chi connectivity index (χ0) is 14.2. The maximum absolute atomic E-state index is 12.6. The fourth-order valence-electron chi connectivity index (χ4n) is 1.72. The van der Waals surface area contributed by atoms with Crippen molar-refractivity contribution >= 4 is 11.6 Å². The van der Waals surface area contributed by atoms with Crippen molar-refractivity contribution in [3.63, 3.8) is 0 Å². The first-order valence-electron chi connectivity index (χ1n) is 5.15. The highest BCUT2D eigenvalue weighted by atomic mass is 19.4. The number of hydrogen-bond acceptors (Lipinski definition) is 3. The van der Waals surface area contributed by atoms with Crippen LogP contribution in [0.3, 0.4) is 0 Å². The summed E-state index contributed by atoms with van der Waals surface area (Å²) in [6.07, 6.45) is -3.83. The third kappa shape index (κ3) is 2.39. The van der Waals surface area contributed by atoms with Crippen molar-refractivity contribution in [3.05, 3.63) is 35.3 Å². The molecule has 2 heterocycles. The Morgan fingerprint density at radius 2 is 2.16 bits per heavy atom. The van der Waals surface area contributed by atoms with Gasteiger partial charge in [-0.15, -0.1) is 0 Å². The van der Waals surface area contributed by atoms with Gasteiger partial charge in [-0.1, -0.05) is 0 Å². The number of hydrogen-bond donors (Lipinski definition) is 1. The molecule has 102 valence electrons. The molecule has 0 aliphatic heterocycles. The Balaban J connectivity index is 2.69. The molecular formula is C11H9F3N2O3. The summed E-state index contributed by atoms with van der Waals surface area (Å²) in [5, 5.41) is 9.08. The van der Waals surface area contributed by atoms with Gasteiger partial charge in [0.25, 0.3) is 0 Å². The van der Waals surface area contributed by atoms with Crippen molar-refractivity contribution in [2.24, 2.45) is 0 Å². The molecule has 0 saturated carbocycles. The van der Waals surface area contributed by atoms with E-state index in [-0.39, 0.29) is 23.6 Å². The molecule has 0 radical (unpaired) electrons.